The number of ether oxygens (including phenoxy) is 1. The summed E-state index contributed by atoms with van der Waals surface area (Å²) in [6, 6.07) is 5.75. The van der Waals surface area contributed by atoms with E-state index in [4.69, 9.17) is 16.3 Å². The zero-order valence-electron chi connectivity index (χ0n) is 11.3. The number of halogens is 1. The normalized spacial score (nSPS) is 20.3. The molecule has 19 heavy (non-hydrogen) atoms. The van der Waals surface area contributed by atoms with Gasteiger partial charge in [0.05, 0.1) is 12.7 Å². The first-order valence-electron chi connectivity index (χ1n) is 6.42. The molecule has 4 nitrogen and oxygen atoms in total. The Morgan fingerprint density at radius 2 is 2.37 bits per heavy atom. The second kappa shape index (κ2) is 6.37. The highest BCUT2D eigenvalue weighted by molar-refractivity contribution is 6.31. The van der Waals surface area contributed by atoms with Gasteiger partial charge < -0.3 is 10.1 Å². The van der Waals surface area contributed by atoms with Crippen molar-refractivity contribution in [2.45, 2.75) is 19.5 Å². The Labute approximate surface area is 118 Å². The van der Waals surface area contributed by atoms with Gasteiger partial charge in [0.1, 0.15) is 0 Å². The van der Waals surface area contributed by atoms with Gasteiger partial charge in [-0.2, -0.15) is 0 Å². The van der Waals surface area contributed by atoms with Crippen LogP contribution in [0.4, 0.5) is 0 Å². The number of rotatable bonds is 3. The lowest BCUT2D eigenvalue weighted by atomic mass is 10.1. The van der Waals surface area contributed by atoms with E-state index in [1.807, 2.05) is 6.07 Å². The first-order valence-corrected chi connectivity index (χ1v) is 6.80. The van der Waals surface area contributed by atoms with E-state index in [1.54, 1.807) is 12.1 Å². The Hall–Kier alpha value is -1.10. The molecule has 1 atom stereocenters. The van der Waals surface area contributed by atoms with Crippen molar-refractivity contribution in [3.05, 3.63) is 34.3 Å². The van der Waals surface area contributed by atoms with Gasteiger partial charge in [0, 0.05) is 37.2 Å². The van der Waals surface area contributed by atoms with Gasteiger partial charge in [-0.15, -0.1) is 0 Å². The molecule has 1 N–H and O–H groups in total. The third-order valence-corrected chi connectivity index (χ3v) is 3.68. The summed E-state index contributed by atoms with van der Waals surface area (Å²) in [7, 11) is 1.38. The van der Waals surface area contributed by atoms with Gasteiger partial charge in [-0.1, -0.05) is 11.6 Å². The maximum Gasteiger partial charge on any atom is 0.337 e. The fraction of sp³-hybridized carbons (Fsp3) is 0.500. The average molecular weight is 283 g/mol. The van der Waals surface area contributed by atoms with Crippen molar-refractivity contribution in [2.24, 2.45) is 0 Å². The maximum atomic E-state index is 11.5. The number of benzene rings is 1. The standard InChI is InChI=1S/C14H19ClN2O2/c1-10-8-17(6-5-16-10)9-12-7-11(14(18)19-2)3-4-13(12)15/h3-4,7,10,16H,5-6,8-9H2,1-2H3/t10-/m1/s1. The fourth-order valence-electron chi connectivity index (χ4n) is 2.34. The van der Waals surface area contributed by atoms with Crippen LogP contribution in [-0.4, -0.2) is 43.7 Å². The van der Waals surface area contributed by atoms with Gasteiger partial charge in [-0.05, 0) is 30.7 Å². The number of methoxy groups -OCH3 is 1. The molecule has 1 aromatic rings. The number of carbonyl (C=O) groups excluding carboxylic acids is 1. The summed E-state index contributed by atoms with van der Waals surface area (Å²) in [5.74, 6) is -0.327. The first kappa shape index (κ1) is 14.3. The Morgan fingerprint density at radius 1 is 1.58 bits per heavy atom. The van der Waals surface area contributed by atoms with E-state index >= 15 is 0 Å². The van der Waals surface area contributed by atoms with Crippen molar-refractivity contribution in [3.8, 4) is 0 Å². The van der Waals surface area contributed by atoms with Crippen LogP contribution in [0.2, 0.25) is 5.02 Å². The molecule has 0 aromatic heterocycles. The van der Waals surface area contributed by atoms with E-state index in [9.17, 15) is 4.79 Å². The van der Waals surface area contributed by atoms with Crippen molar-refractivity contribution in [3.63, 3.8) is 0 Å². The molecule has 2 rings (SSSR count). The molecular formula is C14H19ClN2O2. The van der Waals surface area contributed by atoms with Crippen LogP contribution in [0.5, 0.6) is 0 Å². The molecule has 0 bridgehead atoms. The summed E-state index contributed by atoms with van der Waals surface area (Å²) in [5, 5.41) is 4.10. The molecule has 0 spiro atoms. The molecule has 1 saturated heterocycles. The summed E-state index contributed by atoms with van der Waals surface area (Å²) in [6.45, 7) is 5.88. The molecule has 1 aliphatic rings. The zero-order chi connectivity index (χ0) is 13.8. The first-order chi connectivity index (χ1) is 9.10. The summed E-state index contributed by atoms with van der Waals surface area (Å²) in [4.78, 5) is 13.9. The number of hydrogen-bond acceptors (Lipinski definition) is 4. The summed E-state index contributed by atoms with van der Waals surface area (Å²) >= 11 is 6.21. The van der Waals surface area contributed by atoms with Gasteiger partial charge in [-0.25, -0.2) is 4.79 Å². The number of nitrogens with one attached hydrogen (secondary N) is 1. The van der Waals surface area contributed by atoms with Gasteiger partial charge in [0.25, 0.3) is 0 Å². The molecule has 104 valence electrons. The van der Waals surface area contributed by atoms with Crippen LogP contribution in [0.15, 0.2) is 18.2 Å². The molecule has 0 amide bonds. The van der Waals surface area contributed by atoms with Crippen molar-refractivity contribution in [2.75, 3.05) is 26.7 Å². The summed E-state index contributed by atoms with van der Waals surface area (Å²) in [5.41, 5.74) is 1.52. The van der Waals surface area contributed by atoms with Crippen LogP contribution >= 0.6 is 11.6 Å². The Morgan fingerprint density at radius 3 is 3.05 bits per heavy atom. The van der Waals surface area contributed by atoms with Crippen LogP contribution in [-0.2, 0) is 11.3 Å². The predicted octanol–water partition coefficient (Wildman–Crippen LogP) is 1.92. The molecule has 0 aliphatic carbocycles. The Kier molecular flexibility index (Phi) is 4.80. The minimum Gasteiger partial charge on any atom is -0.465 e. The van der Waals surface area contributed by atoms with Gasteiger partial charge in [0.15, 0.2) is 0 Å². The van der Waals surface area contributed by atoms with Crippen LogP contribution < -0.4 is 5.32 Å². The number of carbonyl (C=O) groups is 1. The van der Waals surface area contributed by atoms with Gasteiger partial charge >= 0.3 is 5.97 Å². The van der Waals surface area contributed by atoms with Crippen LogP contribution in [0, 0.1) is 0 Å². The largest absolute Gasteiger partial charge is 0.465 e. The van der Waals surface area contributed by atoms with Crippen molar-refractivity contribution < 1.29 is 9.53 Å². The van der Waals surface area contributed by atoms with Crippen LogP contribution in [0.25, 0.3) is 0 Å². The fourth-order valence-corrected chi connectivity index (χ4v) is 2.51. The smallest absolute Gasteiger partial charge is 0.337 e. The molecule has 0 saturated carbocycles. The van der Waals surface area contributed by atoms with E-state index in [0.29, 0.717) is 16.6 Å². The molecule has 1 aliphatic heterocycles. The lowest BCUT2D eigenvalue weighted by molar-refractivity contribution is 0.0600. The molecule has 1 heterocycles. The summed E-state index contributed by atoms with van der Waals surface area (Å²) in [6.07, 6.45) is 0. The minimum atomic E-state index is -0.327. The lowest BCUT2D eigenvalue weighted by Gasteiger charge is -2.32. The monoisotopic (exact) mass is 282 g/mol. The molecular weight excluding hydrogens is 264 g/mol. The Balaban J connectivity index is 2.12. The number of piperazine rings is 1. The second-order valence-corrected chi connectivity index (χ2v) is 5.30. The Bertz CT molecular complexity index is 465. The van der Waals surface area contributed by atoms with Gasteiger partial charge in [0.2, 0.25) is 0 Å². The molecule has 1 fully saturated rings. The maximum absolute atomic E-state index is 11.5. The predicted molar refractivity (Wildman–Crippen MR) is 75.5 cm³/mol. The molecule has 0 radical (unpaired) electrons. The molecule has 1 aromatic carbocycles. The third kappa shape index (κ3) is 3.69. The van der Waals surface area contributed by atoms with Crippen molar-refractivity contribution >= 4 is 17.6 Å². The van der Waals surface area contributed by atoms with Crippen molar-refractivity contribution in [1.82, 2.24) is 10.2 Å². The highest BCUT2D eigenvalue weighted by Crippen LogP contribution is 2.20. The number of hydrogen-bond donors (Lipinski definition) is 1. The van der Waals surface area contributed by atoms with Crippen LogP contribution in [0.3, 0.4) is 0 Å². The molecule has 5 heteroatoms. The number of esters is 1. The highest BCUT2D eigenvalue weighted by Gasteiger charge is 2.17. The highest BCUT2D eigenvalue weighted by atomic mass is 35.5. The van der Waals surface area contributed by atoms with Crippen LogP contribution in [0.1, 0.15) is 22.8 Å². The zero-order valence-corrected chi connectivity index (χ0v) is 12.0. The SMILES string of the molecule is COC(=O)c1ccc(Cl)c(CN2CCN[C@H](C)C2)c1. The van der Waals surface area contributed by atoms with E-state index in [2.05, 4.69) is 17.1 Å². The van der Waals surface area contributed by atoms with E-state index < -0.39 is 0 Å². The second-order valence-electron chi connectivity index (χ2n) is 4.89. The van der Waals surface area contributed by atoms with Crippen molar-refractivity contribution in [1.29, 1.82) is 0 Å². The lowest BCUT2D eigenvalue weighted by Crippen LogP contribution is -2.48. The number of nitrogens with zero attached hydrogens (tertiary/aromatic N) is 1. The molecule has 0 unspecified atom stereocenters. The quantitative estimate of drug-likeness (QED) is 0.860. The van der Waals surface area contributed by atoms with E-state index in [1.165, 1.54) is 7.11 Å². The minimum absolute atomic E-state index is 0.327. The summed E-state index contributed by atoms with van der Waals surface area (Å²) < 4.78 is 4.73. The van der Waals surface area contributed by atoms with Gasteiger partial charge in [-0.3, -0.25) is 4.90 Å². The topological polar surface area (TPSA) is 41.6 Å². The average Bonchev–Trinajstić information content (AvgIpc) is 2.40. The third-order valence-electron chi connectivity index (χ3n) is 3.31. The van der Waals surface area contributed by atoms with E-state index in [-0.39, 0.29) is 5.97 Å². The van der Waals surface area contributed by atoms with E-state index in [0.717, 1.165) is 31.7 Å².